The zero-order chi connectivity index (χ0) is 13.2. The summed E-state index contributed by atoms with van der Waals surface area (Å²) in [4.78, 5) is 6.54. The number of nitrogens with zero attached hydrogens (tertiary/aromatic N) is 2. The molecule has 4 heteroatoms. The van der Waals surface area contributed by atoms with Crippen LogP contribution in [0.1, 0.15) is 32.0 Å². The zero-order valence-electron chi connectivity index (χ0n) is 11.3. The van der Waals surface area contributed by atoms with E-state index in [9.17, 15) is 0 Å². The highest BCUT2D eigenvalue weighted by molar-refractivity contribution is 5.99. The van der Waals surface area contributed by atoms with Crippen molar-refractivity contribution in [3.8, 4) is 0 Å². The highest BCUT2D eigenvalue weighted by atomic mass is 15.2. The van der Waals surface area contributed by atoms with E-state index in [4.69, 9.17) is 11.1 Å². The standard InChI is InChI=1S/C13H22N4/c1-9-6-7-10(11(14)15)12(16-9)17(5)8-13(2,3)4/h6-7H,8H2,1-5H3,(H3,14,15). The van der Waals surface area contributed by atoms with Crippen LogP contribution in [0.15, 0.2) is 12.1 Å². The number of pyridine rings is 1. The first kappa shape index (κ1) is 13.5. The monoisotopic (exact) mass is 234 g/mol. The third kappa shape index (κ3) is 3.73. The minimum Gasteiger partial charge on any atom is -0.384 e. The Kier molecular flexibility index (Phi) is 3.76. The van der Waals surface area contributed by atoms with Crippen LogP contribution in [0.2, 0.25) is 0 Å². The molecule has 0 atom stereocenters. The summed E-state index contributed by atoms with van der Waals surface area (Å²) in [6.45, 7) is 9.33. The van der Waals surface area contributed by atoms with E-state index in [0.29, 0.717) is 5.56 Å². The van der Waals surface area contributed by atoms with Crippen molar-refractivity contribution < 1.29 is 0 Å². The van der Waals surface area contributed by atoms with Crippen molar-refractivity contribution in [3.63, 3.8) is 0 Å². The minimum absolute atomic E-state index is 0.0632. The van der Waals surface area contributed by atoms with E-state index in [2.05, 4.69) is 30.7 Å². The fraction of sp³-hybridized carbons (Fsp3) is 0.538. The van der Waals surface area contributed by atoms with Gasteiger partial charge in [-0.1, -0.05) is 20.8 Å². The second-order valence-electron chi connectivity index (χ2n) is 5.65. The first-order valence-electron chi connectivity index (χ1n) is 5.74. The summed E-state index contributed by atoms with van der Waals surface area (Å²) < 4.78 is 0. The molecular formula is C13H22N4. The molecule has 0 aliphatic heterocycles. The number of nitrogens with one attached hydrogen (secondary N) is 1. The number of hydrogen-bond acceptors (Lipinski definition) is 3. The Morgan fingerprint density at radius 3 is 2.47 bits per heavy atom. The molecule has 3 N–H and O–H groups in total. The zero-order valence-corrected chi connectivity index (χ0v) is 11.3. The van der Waals surface area contributed by atoms with Crippen molar-refractivity contribution in [3.05, 3.63) is 23.4 Å². The third-order valence-electron chi connectivity index (χ3n) is 2.38. The fourth-order valence-corrected chi connectivity index (χ4v) is 1.83. The molecule has 0 aliphatic rings. The lowest BCUT2D eigenvalue weighted by Gasteiger charge is -2.28. The molecule has 0 saturated heterocycles. The first-order valence-corrected chi connectivity index (χ1v) is 5.74. The second-order valence-corrected chi connectivity index (χ2v) is 5.65. The van der Waals surface area contributed by atoms with Crippen LogP contribution >= 0.6 is 0 Å². The number of amidine groups is 1. The predicted molar refractivity (Wildman–Crippen MR) is 72.7 cm³/mol. The van der Waals surface area contributed by atoms with Gasteiger partial charge >= 0.3 is 0 Å². The minimum atomic E-state index is 0.0632. The molecule has 0 spiro atoms. The van der Waals surface area contributed by atoms with Crippen LogP contribution < -0.4 is 10.6 Å². The van der Waals surface area contributed by atoms with Gasteiger partial charge in [-0.3, -0.25) is 5.41 Å². The van der Waals surface area contributed by atoms with E-state index in [1.54, 1.807) is 0 Å². The smallest absolute Gasteiger partial charge is 0.139 e. The summed E-state index contributed by atoms with van der Waals surface area (Å²) in [5.74, 6) is 0.848. The van der Waals surface area contributed by atoms with Crippen molar-refractivity contribution in [2.45, 2.75) is 27.7 Å². The molecule has 94 valence electrons. The Morgan fingerprint density at radius 2 is 2.00 bits per heavy atom. The van der Waals surface area contributed by atoms with Gasteiger partial charge < -0.3 is 10.6 Å². The van der Waals surface area contributed by atoms with Gasteiger partial charge in [0.25, 0.3) is 0 Å². The number of hydrogen-bond donors (Lipinski definition) is 2. The number of nitrogens with two attached hydrogens (primary N) is 1. The molecule has 0 bridgehead atoms. The maximum Gasteiger partial charge on any atom is 0.139 e. The molecular weight excluding hydrogens is 212 g/mol. The Morgan fingerprint density at radius 1 is 1.41 bits per heavy atom. The summed E-state index contributed by atoms with van der Waals surface area (Å²) in [5.41, 5.74) is 7.39. The van der Waals surface area contributed by atoms with Crippen molar-refractivity contribution in [2.75, 3.05) is 18.5 Å². The van der Waals surface area contributed by atoms with Gasteiger partial charge in [0.15, 0.2) is 0 Å². The van der Waals surface area contributed by atoms with E-state index < -0.39 is 0 Å². The van der Waals surface area contributed by atoms with Crippen molar-refractivity contribution in [1.29, 1.82) is 5.41 Å². The van der Waals surface area contributed by atoms with Gasteiger partial charge in [0.1, 0.15) is 11.7 Å². The molecule has 4 nitrogen and oxygen atoms in total. The van der Waals surface area contributed by atoms with E-state index in [-0.39, 0.29) is 11.3 Å². The van der Waals surface area contributed by atoms with Gasteiger partial charge in [0.2, 0.25) is 0 Å². The van der Waals surface area contributed by atoms with Gasteiger partial charge in [-0.15, -0.1) is 0 Å². The molecule has 1 aromatic heterocycles. The quantitative estimate of drug-likeness (QED) is 0.622. The summed E-state index contributed by atoms with van der Waals surface area (Å²) in [6.07, 6.45) is 0. The lowest BCUT2D eigenvalue weighted by Crippen LogP contribution is -2.31. The molecule has 0 aliphatic carbocycles. The van der Waals surface area contributed by atoms with Crippen molar-refractivity contribution in [2.24, 2.45) is 11.1 Å². The van der Waals surface area contributed by atoms with Crippen LogP contribution in [-0.4, -0.2) is 24.4 Å². The van der Waals surface area contributed by atoms with E-state index in [0.717, 1.165) is 18.1 Å². The van der Waals surface area contributed by atoms with Crippen molar-refractivity contribution in [1.82, 2.24) is 4.98 Å². The highest BCUT2D eigenvalue weighted by Crippen LogP contribution is 2.22. The van der Waals surface area contributed by atoms with Gasteiger partial charge in [0, 0.05) is 19.3 Å². The van der Waals surface area contributed by atoms with Crippen LogP contribution in [0.3, 0.4) is 0 Å². The Bertz CT molecular complexity index is 418. The van der Waals surface area contributed by atoms with E-state index in [1.807, 2.05) is 26.1 Å². The van der Waals surface area contributed by atoms with Crippen LogP contribution in [0.25, 0.3) is 0 Å². The molecule has 0 aromatic carbocycles. The molecule has 1 aromatic rings. The Hall–Kier alpha value is -1.58. The van der Waals surface area contributed by atoms with E-state index >= 15 is 0 Å². The number of aryl methyl sites for hydroxylation is 1. The molecule has 0 saturated carbocycles. The topological polar surface area (TPSA) is 66.0 Å². The summed E-state index contributed by atoms with van der Waals surface area (Å²) >= 11 is 0. The number of nitrogen functional groups attached to an aromatic ring is 1. The van der Waals surface area contributed by atoms with Crippen LogP contribution in [-0.2, 0) is 0 Å². The maximum absolute atomic E-state index is 7.58. The molecule has 17 heavy (non-hydrogen) atoms. The maximum atomic E-state index is 7.58. The van der Waals surface area contributed by atoms with Gasteiger partial charge in [-0.25, -0.2) is 4.98 Å². The van der Waals surface area contributed by atoms with Crippen LogP contribution in [0, 0.1) is 17.7 Å². The van der Waals surface area contributed by atoms with E-state index in [1.165, 1.54) is 0 Å². The molecule has 0 amide bonds. The SMILES string of the molecule is Cc1ccc(C(=N)N)c(N(C)CC(C)(C)C)n1. The first-order chi connectivity index (χ1) is 7.70. The summed E-state index contributed by atoms with van der Waals surface area (Å²) in [5, 5.41) is 7.58. The third-order valence-corrected chi connectivity index (χ3v) is 2.38. The summed E-state index contributed by atoms with van der Waals surface area (Å²) in [7, 11) is 1.99. The van der Waals surface area contributed by atoms with Crippen LogP contribution in [0.4, 0.5) is 5.82 Å². The molecule has 0 unspecified atom stereocenters. The van der Waals surface area contributed by atoms with Crippen LogP contribution in [0.5, 0.6) is 0 Å². The lowest BCUT2D eigenvalue weighted by atomic mass is 9.96. The normalized spacial score (nSPS) is 11.4. The van der Waals surface area contributed by atoms with Gasteiger partial charge in [0.05, 0.1) is 5.56 Å². The Balaban J connectivity index is 3.10. The molecule has 0 radical (unpaired) electrons. The lowest BCUT2D eigenvalue weighted by molar-refractivity contribution is 0.417. The summed E-state index contributed by atoms with van der Waals surface area (Å²) in [6, 6.07) is 3.74. The number of aromatic nitrogens is 1. The van der Waals surface area contributed by atoms with Gasteiger partial charge in [-0.2, -0.15) is 0 Å². The molecule has 0 fully saturated rings. The predicted octanol–water partition coefficient (Wildman–Crippen LogP) is 2.16. The molecule has 1 heterocycles. The average molecular weight is 234 g/mol. The fourth-order valence-electron chi connectivity index (χ4n) is 1.83. The highest BCUT2D eigenvalue weighted by Gasteiger charge is 2.18. The van der Waals surface area contributed by atoms with Crippen molar-refractivity contribution >= 4 is 11.7 Å². The molecule has 1 rings (SSSR count). The largest absolute Gasteiger partial charge is 0.384 e. The second kappa shape index (κ2) is 4.73. The Labute approximate surface area is 103 Å². The number of anilines is 1. The average Bonchev–Trinajstić information content (AvgIpc) is 2.14. The van der Waals surface area contributed by atoms with Gasteiger partial charge in [-0.05, 0) is 24.5 Å². The number of rotatable bonds is 3.